The molecule has 0 saturated carbocycles. The Morgan fingerprint density at radius 3 is 1.69 bits per heavy atom. The van der Waals surface area contributed by atoms with Crippen LogP contribution in [0.15, 0.2) is 30.3 Å². The summed E-state index contributed by atoms with van der Waals surface area (Å²) in [6.07, 6.45) is 5.70. The second-order valence-corrected chi connectivity index (χ2v) is 17.0. The van der Waals surface area contributed by atoms with E-state index in [9.17, 15) is 33.6 Å². The van der Waals surface area contributed by atoms with Gasteiger partial charge in [-0.25, -0.2) is 9.59 Å². The van der Waals surface area contributed by atoms with Gasteiger partial charge in [-0.2, -0.15) is 0 Å². The number of amides is 5. The largest absolute Gasteiger partial charge is 0.467 e. The van der Waals surface area contributed by atoms with E-state index >= 15 is 0 Å². The van der Waals surface area contributed by atoms with Crippen molar-refractivity contribution in [1.82, 2.24) is 20.4 Å². The number of carbonyl (C=O) groups is 7. The first-order valence-corrected chi connectivity index (χ1v) is 21.1. The summed E-state index contributed by atoms with van der Waals surface area (Å²) >= 11 is 3.20. The third-order valence-corrected chi connectivity index (χ3v) is 13.6. The fourth-order valence-electron chi connectivity index (χ4n) is 8.03. The number of primary amides is 1. The maximum Gasteiger partial charge on any atom is 0.328 e. The van der Waals surface area contributed by atoms with E-state index in [1.807, 2.05) is 30.3 Å². The van der Waals surface area contributed by atoms with Crippen LogP contribution in [0.2, 0.25) is 0 Å². The highest BCUT2D eigenvalue weighted by molar-refractivity contribution is 8.00. The first-order valence-electron chi connectivity index (χ1n) is 19.0. The lowest BCUT2D eigenvalue weighted by Gasteiger charge is -2.40. The molecule has 4 saturated heterocycles. The van der Waals surface area contributed by atoms with E-state index in [-0.39, 0.29) is 54.2 Å². The summed E-state index contributed by atoms with van der Waals surface area (Å²) in [5.41, 5.74) is 6.41. The molecule has 14 nitrogen and oxygen atoms in total. The number of nitrogens with one attached hydrogen (secondary N) is 2. The van der Waals surface area contributed by atoms with E-state index < -0.39 is 59.8 Å². The number of ether oxygens (including phenoxy) is 2. The zero-order valence-electron chi connectivity index (χ0n) is 31.1. The lowest BCUT2D eigenvalue weighted by atomic mass is 9.87. The molecule has 8 unspecified atom stereocenters. The number of methoxy groups -OCH3 is 2. The van der Waals surface area contributed by atoms with Crippen molar-refractivity contribution < 1.29 is 43.0 Å². The molecule has 4 aliphatic heterocycles. The topological polar surface area (TPSA) is 195 Å². The smallest absolute Gasteiger partial charge is 0.328 e. The minimum atomic E-state index is -0.869. The molecule has 1 aromatic carbocycles. The molecule has 0 radical (unpaired) electrons. The zero-order chi connectivity index (χ0) is 38.8. The summed E-state index contributed by atoms with van der Waals surface area (Å²) in [5.74, 6) is -3.08. The van der Waals surface area contributed by atoms with Crippen LogP contribution in [0.4, 0.5) is 0 Å². The number of thioether (sulfide) groups is 2. The van der Waals surface area contributed by atoms with Crippen LogP contribution >= 0.6 is 23.5 Å². The highest BCUT2D eigenvalue weighted by Gasteiger charge is 2.45. The Bertz CT molecular complexity index is 1530. The predicted octanol–water partition coefficient (Wildman–Crippen LogP) is 2.51. The van der Waals surface area contributed by atoms with Crippen molar-refractivity contribution in [2.75, 3.05) is 25.7 Å². The second-order valence-electron chi connectivity index (χ2n) is 14.4. The van der Waals surface area contributed by atoms with Gasteiger partial charge in [-0.1, -0.05) is 30.3 Å². The van der Waals surface area contributed by atoms with Gasteiger partial charge in [-0.3, -0.25) is 24.0 Å². The first-order chi connectivity index (χ1) is 26.0. The van der Waals surface area contributed by atoms with Crippen LogP contribution in [0.5, 0.6) is 0 Å². The molecule has 0 spiro atoms. The summed E-state index contributed by atoms with van der Waals surface area (Å²) in [6, 6.07) is 6.33. The molecular formula is C38H53N5O9S2. The third kappa shape index (κ3) is 10.3. The number of benzene rings is 1. The van der Waals surface area contributed by atoms with Crippen LogP contribution in [0, 0.1) is 11.8 Å². The standard InChI is InChI=1S/C38H53N5O9S2/c1-51-37(49)28-10-6-12-31-42(28)35(47)26(18-20-53-31)40-33(45)24(16-17-30(39)44)14-15-25(22-23-8-4-3-5-9-23)34(46)41-27-19-21-54-32-13-7-11-29(38(50)52-2)43(32)36(27)48/h3-5,8-9,24-29,31-32H,6-7,10-22H2,1-2H3,(H2,39,44)(H,40,45)(H,41,46). The fraction of sp³-hybridized carbons (Fsp3) is 0.658. The van der Waals surface area contributed by atoms with Gasteiger partial charge in [0.1, 0.15) is 24.2 Å². The molecule has 296 valence electrons. The monoisotopic (exact) mass is 787 g/mol. The van der Waals surface area contributed by atoms with Gasteiger partial charge >= 0.3 is 11.9 Å². The molecule has 5 amide bonds. The van der Waals surface area contributed by atoms with Crippen molar-refractivity contribution in [2.45, 2.75) is 118 Å². The summed E-state index contributed by atoms with van der Waals surface area (Å²) in [7, 11) is 2.61. The van der Waals surface area contributed by atoms with E-state index in [1.165, 1.54) is 14.2 Å². The molecule has 8 atom stereocenters. The van der Waals surface area contributed by atoms with Gasteiger partial charge < -0.3 is 35.6 Å². The Balaban J connectivity index is 1.31. The number of hydrogen-bond donors (Lipinski definition) is 3. The van der Waals surface area contributed by atoms with Crippen molar-refractivity contribution in [3.63, 3.8) is 0 Å². The van der Waals surface area contributed by atoms with Crippen molar-refractivity contribution in [3.05, 3.63) is 35.9 Å². The van der Waals surface area contributed by atoms with E-state index in [0.29, 0.717) is 43.6 Å². The number of rotatable bonds is 14. The maximum absolute atomic E-state index is 14.2. The summed E-state index contributed by atoms with van der Waals surface area (Å²) in [6.45, 7) is 0. The number of nitrogens with two attached hydrogens (primary N) is 1. The summed E-state index contributed by atoms with van der Waals surface area (Å²) in [5, 5.41) is 5.57. The molecule has 4 aliphatic rings. The van der Waals surface area contributed by atoms with E-state index in [2.05, 4.69) is 10.6 Å². The highest BCUT2D eigenvalue weighted by atomic mass is 32.2. The Morgan fingerprint density at radius 1 is 0.722 bits per heavy atom. The third-order valence-electron chi connectivity index (χ3n) is 10.9. The Hall–Kier alpha value is -3.79. The first kappa shape index (κ1) is 41.4. The molecule has 16 heteroatoms. The van der Waals surface area contributed by atoms with Gasteiger partial charge in [0.2, 0.25) is 29.5 Å². The zero-order valence-corrected chi connectivity index (χ0v) is 32.7. The molecule has 0 bridgehead atoms. The Morgan fingerprint density at radius 2 is 1.20 bits per heavy atom. The number of hydrogen-bond acceptors (Lipinski definition) is 11. The lowest BCUT2D eigenvalue weighted by Crippen LogP contribution is -2.58. The molecule has 4 fully saturated rings. The molecular weight excluding hydrogens is 735 g/mol. The van der Waals surface area contributed by atoms with Crippen LogP contribution in [0.25, 0.3) is 0 Å². The molecule has 4 N–H and O–H groups in total. The fourth-order valence-corrected chi connectivity index (χ4v) is 10.8. The molecule has 0 aliphatic carbocycles. The van der Waals surface area contributed by atoms with E-state index in [1.54, 1.807) is 33.3 Å². The van der Waals surface area contributed by atoms with Crippen molar-refractivity contribution in [3.8, 4) is 0 Å². The van der Waals surface area contributed by atoms with Gasteiger partial charge in [0, 0.05) is 18.3 Å². The molecule has 54 heavy (non-hydrogen) atoms. The van der Waals surface area contributed by atoms with Crippen LogP contribution < -0.4 is 16.4 Å². The molecule has 1 aromatic rings. The van der Waals surface area contributed by atoms with Gasteiger partial charge in [-0.15, -0.1) is 23.5 Å². The number of carbonyl (C=O) groups excluding carboxylic acids is 7. The van der Waals surface area contributed by atoms with Crippen molar-refractivity contribution in [2.24, 2.45) is 17.6 Å². The van der Waals surface area contributed by atoms with Gasteiger partial charge in [0.15, 0.2) is 0 Å². The average molecular weight is 788 g/mol. The quantitative estimate of drug-likeness (QED) is 0.235. The second kappa shape index (κ2) is 19.7. The molecule has 0 aromatic heterocycles. The van der Waals surface area contributed by atoms with Gasteiger partial charge in [0.05, 0.1) is 25.0 Å². The SMILES string of the molecule is COC(=O)C1CCCC2SCCC(NC(=O)C(CCC(N)=O)CCC(Cc3ccccc3)C(=O)NC3CCSC4CCCC(C(=O)OC)N4C3=O)C(=O)N21. The van der Waals surface area contributed by atoms with Crippen LogP contribution in [-0.2, 0) is 49.5 Å². The average Bonchev–Trinajstić information content (AvgIpc) is 3.43. The molecule has 4 heterocycles. The van der Waals surface area contributed by atoms with Gasteiger partial charge in [-0.05, 0) is 94.1 Å². The number of piperidine rings is 2. The normalized spacial score (nSPS) is 26.9. The lowest BCUT2D eigenvalue weighted by molar-refractivity contribution is -0.156. The highest BCUT2D eigenvalue weighted by Crippen LogP contribution is 2.36. The summed E-state index contributed by atoms with van der Waals surface area (Å²) in [4.78, 5) is 96.4. The Kier molecular flexibility index (Phi) is 15.1. The summed E-state index contributed by atoms with van der Waals surface area (Å²) < 4.78 is 10.0. The predicted molar refractivity (Wildman–Crippen MR) is 203 cm³/mol. The number of fused-ring (bicyclic) bond motifs is 2. The van der Waals surface area contributed by atoms with Crippen molar-refractivity contribution in [1.29, 1.82) is 0 Å². The van der Waals surface area contributed by atoms with E-state index in [4.69, 9.17) is 15.2 Å². The van der Waals surface area contributed by atoms with Crippen molar-refractivity contribution >= 4 is 65.0 Å². The Labute approximate surface area is 325 Å². The van der Waals surface area contributed by atoms with Crippen LogP contribution in [-0.4, -0.2) is 112 Å². The maximum atomic E-state index is 14.2. The van der Waals surface area contributed by atoms with Gasteiger partial charge in [0.25, 0.3) is 0 Å². The van der Waals surface area contributed by atoms with Crippen LogP contribution in [0.1, 0.15) is 82.6 Å². The molecule has 5 rings (SSSR count). The number of esters is 2. The van der Waals surface area contributed by atoms with Crippen LogP contribution in [0.3, 0.4) is 0 Å². The minimum absolute atomic E-state index is 0.0622. The number of nitrogens with zero attached hydrogens (tertiary/aromatic N) is 2. The van der Waals surface area contributed by atoms with E-state index in [0.717, 1.165) is 31.2 Å². The minimum Gasteiger partial charge on any atom is -0.467 e.